The molecule has 0 aliphatic rings. The molecule has 0 bridgehead atoms. The topological polar surface area (TPSA) is 72.2 Å². The first-order chi connectivity index (χ1) is 7.14. The molecule has 0 radical (unpaired) electrons. The minimum atomic E-state index is -3.17. The van der Waals surface area contributed by atoms with Crippen molar-refractivity contribution in [2.75, 3.05) is 12.3 Å². The Morgan fingerprint density at radius 3 is 2.47 bits per heavy atom. The molecule has 5 heteroatoms. The van der Waals surface area contributed by atoms with Crippen molar-refractivity contribution in [3.63, 3.8) is 0 Å². The number of rotatable bonds is 6. The normalized spacial score (nSPS) is 11.5. The van der Waals surface area contributed by atoms with E-state index in [1.807, 2.05) is 30.3 Å². The predicted octanol–water partition coefficient (Wildman–Crippen LogP) is 0.455. The molecule has 0 amide bonds. The molecule has 84 valence electrons. The molecule has 0 aromatic heterocycles. The van der Waals surface area contributed by atoms with Crippen molar-refractivity contribution in [2.45, 2.75) is 13.0 Å². The van der Waals surface area contributed by atoms with Gasteiger partial charge in [0, 0.05) is 6.54 Å². The highest BCUT2D eigenvalue weighted by atomic mass is 32.2. The van der Waals surface area contributed by atoms with Crippen molar-refractivity contribution >= 4 is 10.0 Å². The maximum Gasteiger partial charge on any atom is 0.211 e. The van der Waals surface area contributed by atoms with E-state index in [0.717, 1.165) is 5.56 Å². The van der Waals surface area contributed by atoms with Crippen LogP contribution in [0.3, 0.4) is 0 Å². The first kappa shape index (κ1) is 12.2. The van der Waals surface area contributed by atoms with Crippen LogP contribution in [0.5, 0.6) is 0 Å². The van der Waals surface area contributed by atoms with Gasteiger partial charge in [0.05, 0.1) is 5.75 Å². The number of hydrogen-bond acceptors (Lipinski definition) is 3. The summed E-state index contributed by atoms with van der Waals surface area (Å²) in [7, 11) is -3.17. The van der Waals surface area contributed by atoms with Crippen LogP contribution >= 0.6 is 0 Å². The zero-order valence-electron chi connectivity index (χ0n) is 8.52. The summed E-state index contributed by atoms with van der Waals surface area (Å²) in [6.45, 7) is 0.736. The van der Waals surface area contributed by atoms with Crippen LogP contribution in [-0.2, 0) is 16.6 Å². The summed E-state index contributed by atoms with van der Waals surface area (Å²) >= 11 is 0. The molecule has 0 spiro atoms. The number of benzene rings is 1. The van der Waals surface area contributed by atoms with Crippen LogP contribution in [0.1, 0.15) is 12.0 Å². The van der Waals surface area contributed by atoms with Crippen molar-refractivity contribution in [3.8, 4) is 0 Å². The molecule has 0 saturated carbocycles. The van der Waals surface area contributed by atoms with Crippen LogP contribution in [0.15, 0.2) is 30.3 Å². The predicted molar refractivity (Wildman–Crippen MR) is 60.7 cm³/mol. The fourth-order valence-corrected chi connectivity index (χ4v) is 2.21. The van der Waals surface area contributed by atoms with Crippen molar-refractivity contribution in [2.24, 2.45) is 5.73 Å². The third-order valence-corrected chi connectivity index (χ3v) is 3.37. The molecule has 3 N–H and O–H groups in total. The highest BCUT2D eigenvalue weighted by molar-refractivity contribution is 7.89. The monoisotopic (exact) mass is 228 g/mol. The Balaban J connectivity index is 2.43. The van der Waals surface area contributed by atoms with E-state index in [1.54, 1.807) is 0 Å². The van der Waals surface area contributed by atoms with Crippen molar-refractivity contribution in [1.82, 2.24) is 4.72 Å². The summed E-state index contributed by atoms with van der Waals surface area (Å²) in [6.07, 6.45) is 0.490. The SMILES string of the molecule is NCCCS(=O)(=O)NCc1ccccc1. The van der Waals surface area contributed by atoms with Crippen molar-refractivity contribution in [3.05, 3.63) is 35.9 Å². The van der Waals surface area contributed by atoms with E-state index in [0.29, 0.717) is 19.5 Å². The van der Waals surface area contributed by atoms with Crippen LogP contribution in [0.4, 0.5) is 0 Å². The molecule has 0 unspecified atom stereocenters. The van der Waals surface area contributed by atoms with Crippen molar-refractivity contribution in [1.29, 1.82) is 0 Å². The van der Waals surface area contributed by atoms with E-state index in [-0.39, 0.29) is 5.75 Å². The average molecular weight is 228 g/mol. The molecule has 0 heterocycles. The summed E-state index contributed by atoms with van der Waals surface area (Å²) < 4.78 is 25.3. The van der Waals surface area contributed by atoms with E-state index in [9.17, 15) is 8.42 Å². The van der Waals surface area contributed by atoms with Crippen LogP contribution in [0.25, 0.3) is 0 Å². The van der Waals surface area contributed by atoms with E-state index in [2.05, 4.69) is 4.72 Å². The van der Waals surface area contributed by atoms with E-state index in [1.165, 1.54) is 0 Å². The van der Waals surface area contributed by atoms with Gasteiger partial charge in [-0.05, 0) is 18.5 Å². The lowest BCUT2D eigenvalue weighted by molar-refractivity contribution is 0.579. The Hall–Kier alpha value is -0.910. The summed E-state index contributed by atoms with van der Waals surface area (Å²) in [5, 5.41) is 0. The Bertz CT molecular complexity index is 376. The van der Waals surface area contributed by atoms with Gasteiger partial charge in [-0.15, -0.1) is 0 Å². The standard InChI is InChI=1S/C10H16N2O2S/c11-7-4-8-15(13,14)12-9-10-5-2-1-3-6-10/h1-3,5-6,12H,4,7-9,11H2. The van der Waals surface area contributed by atoms with E-state index >= 15 is 0 Å². The highest BCUT2D eigenvalue weighted by Gasteiger charge is 2.08. The summed E-state index contributed by atoms with van der Waals surface area (Å²) in [5.74, 6) is 0.0936. The lowest BCUT2D eigenvalue weighted by atomic mass is 10.2. The highest BCUT2D eigenvalue weighted by Crippen LogP contribution is 1.99. The molecular formula is C10H16N2O2S. The molecule has 0 aliphatic heterocycles. The molecule has 1 aromatic rings. The molecule has 0 atom stereocenters. The number of nitrogens with one attached hydrogen (secondary N) is 1. The van der Waals surface area contributed by atoms with Gasteiger partial charge >= 0.3 is 0 Å². The van der Waals surface area contributed by atoms with Gasteiger partial charge in [-0.1, -0.05) is 30.3 Å². The molecule has 0 fully saturated rings. The Kier molecular flexibility index (Phi) is 4.74. The van der Waals surface area contributed by atoms with Gasteiger partial charge in [0.2, 0.25) is 10.0 Å². The minimum absolute atomic E-state index is 0.0936. The van der Waals surface area contributed by atoms with E-state index in [4.69, 9.17) is 5.73 Å². The summed E-state index contributed by atoms with van der Waals surface area (Å²) in [5.41, 5.74) is 6.20. The van der Waals surface area contributed by atoms with Gasteiger partial charge in [-0.2, -0.15) is 0 Å². The number of nitrogens with two attached hydrogens (primary N) is 1. The van der Waals surface area contributed by atoms with Crippen LogP contribution in [-0.4, -0.2) is 20.7 Å². The fourth-order valence-electron chi connectivity index (χ4n) is 1.13. The molecule has 0 aliphatic carbocycles. The lowest BCUT2D eigenvalue weighted by Gasteiger charge is -2.05. The summed E-state index contributed by atoms with van der Waals surface area (Å²) in [4.78, 5) is 0. The van der Waals surface area contributed by atoms with Gasteiger partial charge in [0.15, 0.2) is 0 Å². The van der Waals surface area contributed by atoms with Gasteiger partial charge in [-0.3, -0.25) is 0 Å². The zero-order valence-corrected chi connectivity index (χ0v) is 9.33. The maximum absolute atomic E-state index is 11.4. The average Bonchev–Trinajstić information content (AvgIpc) is 2.25. The minimum Gasteiger partial charge on any atom is -0.330 e. The van der Waals surface area contributed by atoms with Gasteiger partial charge in [0.25, 0.3) is 0 Å². The Morgan fingerprint density at radius 1 is 1.20 bits per heavy atom. The third kappa shape index (κ3) is 4.92. The quantitative estimate of drug-likeness (QED) is 0.742. The number of hydrogen-bond donors (Lipinski definition) is 2. The van der Waals surface area contributed by atoms with Crippen LogP contribution < -0.4 is 10.5 Å². The van der Waals surface area contributed by atoms with Gasteiger partial charge in [-0.25, -0.2) is 13.1 Å². The molecule has 15 heavy (non-hydrogen) atoms. The van der Waals surface area contributed by atoms with Gasteiger partial charge in [0.1, 0.15) is 0 Å². The number of sulfonamides is 1. The molecule has 1 rings (SSSR count). The molecule has 0 saturated heterocycles. The first-order valence-corrected chi connectivity index (χ1v) is 6.50. The lowest BCUT2D eigenvalue weighted by Crippen LogP contribution is -2.26. The third-order valence-electron chi connectivity index (χ3n) is 1.96. The van der Waals surface area contributed by atoms with Crippen LogP contribution in [0.2, 0.25) is 0 Å². The second-order valence-electron chi connectivity index (χ2n) is 3.27. The summed E-state index contributed by atoms with van der Waals surface area (Å²) in [6, 6.07) is 9.41. The Morgan fingerprint density at radius 2 is 1.87 bits per heavy atom. The smallest absolute Gasteiger partial charge is 0.211 e. The van der Waals surface area contributed by atoms with Crippen molar-refractivity contribution < 1.29 is 8.42 Å². The van der Waals surface area contributed by atoms with Crippen LogP contribution in [0, 0.1) is 0 Å². The zero-order chi connectivity index (χ0) is 11.1. The molecule has 1 aromatic carbocycles. The molecular weight excluding hydrogens is 212 g/mol. The second kappa shape index (κ2) is 5.85. The Labute approximate surface area is 90.5 Å². The first-order valence-electron chi connectivity index (χ1n) is 4.85. The second-order valence-corrected chi connectivity index (χ2v) is 5.19. The largest absolute Gasteiger partial charge is 0.330 e. The van der Waals surface area contributed by atoms with Gasteiger partial charge < -0.3 is 5.73 Å². The molecule has 4 nitrogen and oxygen atoms in total. The maximum atomic E-state index is 11.4. The fraction of sp³-hybridized carbons (Fsp3) is 0.400. The van der Waals surface area contributed by atoms with E-state index < -0.39 is 10.0 Å².